The van der Waals surface area contributed by atoms with E-state index in [1.54, 1.807) is 15.7 Å². The van der Waals surface area contributed by atoms with Crippen molar-refractivity contribution < 1.29 is 112 Å². The fourth-order valence-electron chi connectivity index (χ4n) is 10.8. The van der Waals surface area contributed by atoms with Crippen molar-refractivity contribution in [1.29, 1.82) is 0 Å². The molecule has 4 aromatic rings. The Kier molecular flexibility index (Phi) is 32.6. The third-order valence-corrected chi connectivity index (χ3v) is 18.6. The molecule has 2 fully saturated rings. The molecule has 6 rings (SSSR count). The third-order valence-electron chi connectivity index (χ3n) is 16.8. The van der Waals surface area contributed by atoms with Gasteiger partial charge in [-0.25, -0.2) is 29.7 Å². The summed E-state index contributed by atoms with van der Waals surface area (Å²) in [5.41, 5.74) is 27.9. The molecule has 0 radical (unpaired) electrons. The Balaban J connectivity index is 1.19. The molecule has 4 aromatic heterocycles. The number of aromatic amines is 1. The number of ether oxygens (including phenoxy) is 5. The molecule has 19 atom stereocenters. The number of hydrogen-bond acceptors (Lipinski definition) is 33. The lowest BCUT2D eigenvalue weighted by Crippen LogP contribution is -2.65. The van der Waals surface area contributed by atoms with E-state index >= 15 is 4.79 Å². The van der Waals surface area contributed by atoms with E-state index in [1.807, 2.05) is 0 Å². The molecule has 0 saturated carbocycles. The number of imidazole rings is 1. The number of aromatic nitrogens is 6. The first-order valence-electron chi connectivity index (χ1n) is 33.1. The number of carbonyl (C=O) groups is 10. The van der Waals surface area contributed by atoms with Gasteiger partial charge in [-0.15, -0.1) is 22.7 Å². The van der Waals surface area contributed by atoms with Gasteiger partial charge in [0.2, 0.25) is 41.4 Å². The van der Waals surface area contributed by atoms with E-state index in [0.29, 0.717) is 54.6 Å². The SMILES string of the molecule is CC(=O)NCCCCN(CCCNC(=O)c1csc(-c2csc(CCNC(=O)[C@@H](NC(=O)[C@@H](C)[C@H](O)[C@@H](C)NC(=O)[C@@H](NC(=O)c3nc([C@H](CC(N)=O)NC[C@H](N)C(N)=O)nc(N)c3C)[C@@H](O[C@@H]3O[C@@H](CO)[C@@H](O)[C@H](O)[C@@H]3O[C@H]3O[C@H](CO)[C@@H](O)[C@H](OC(N)=O)[C@@H]3O)c3cnc[nH]3)[C@@H](C)O)n2)n1)C(C)=O. The quantitative estimate of drug-likeness (QED) is 0.0184. The van der Waals surface area contributed by atoms with Crippen LogP contribution in [0.1, 0.15) is 116 Å². The fourth-order valence-corrected chi connectivity index (χ4v) is 12.4. The molecular formula is C61H93N19O23S2. The summed E-state index contributed by atoms with van der Waals surface area (Å²) in [4.78, 5) is 156. The van der Waals surface area contributed by atoms with Gasteiger partial charge in [0, 0.05) is 82.3 Å². The first kappa shape index (κ1) is 85.2. The summed E-state index contributed by atoms with van der Waals surface area (Å²) in [5.74, 6) is -9.18. The molecule has 0 bridgehead atoms. The molecule has 2 saturated heterocycles. The smallest absolute Gasteiger partial charge is 0.404 e. The number of anilines is 1. The van der Waals surface area contributed by atoms with Gasteiger partial charge in [-0.05, 0) is 40.0 Å². The van der Waals surface area contributed by atoms with Gasteiger partial charge in [0.15, 0.2) is 18.7 Å². The van der Waals surface area contributed by atoms with Crippen molar-refractivity contribution in [3.05, 3.63) is 56.8 Å². The maximum Gasteiger partial charge on any atom is 0.404 e. The van der Waals surface area contributed by atoms with Crippen LogP contribution in [-0.2, 0) is 63.7 Å². The molecule has 0 spiro atoms. The first-order chi connectivity index (χ1) is 49.6. The Morgan fingerprint density at radius 2 is 1.41 bits per heavy atom. The Morgan fingerprint density at radius 1 is 0.733 bits per heavy atom. The number of unbranched alkanes of at least 4 members (excludes halogenated alkanes) is 1. The number of hydrogen-bond donors (Lipinski definition) is 21. The van der Waals surface area contributed by atoms with E-state index in [4.69, 9.17) is 52.4 Å². The number of rotatable bonds is 40. The average molecular weight is 1520 g/mol. The lowest BCUT2D eigenvalue weighted by Gasteiger charge is -2.47. The van der Waals surface area contributed by atoms with Crippen molar-refractivity contribution in [3.8, 4) is 10.7 Å². The second-order valence-electron chi connectivity index (χ2n) is 24.8. The lowest BCUT2D eigenvalue weighted by molar-refractivity contribution is -0.372. The van der Waals surface area contributed by atoms with E-state index in [1.165, 1.54) is 64.2 Å². The first-order valence-corrected chi connectivity index (χ1v) is 34.9. The topological polar surface area (TPSA) is 676 Å². The van der Waals surface area contributed by atoms with Gasteiger partial charge < -0.3 is 140 Å². The van der Waals surface area contributed by atoms with Gasteiger partial charge in [-0.3, -0.25) is 43.2 Å². The monoisotopic (exact) mass is 1520 g/mol. The van der Waals surface area contributed by atoms with Crippen molar-refractivity contribution >= 4 is 87.7 Å². The van der Waals surface area contributed by atoms with E-state index in [9.17, 15) is 84.0 Å². The van der Waals surface area contributed by atoms with Gasteiger partial charge in [0.25, 0.3) is 11.8 Å². The molecule has 26 N–H and O–H groups in total. The average Bonchev–Trinajstić information content (AvgIpc) is 1.55. The molecule has 2 aliphatic heterocycles. The Bertz CT molecular complexity index is 3600. The van der Waals surface area contributed by atoms with Crippen LogP contribution in [0.5, 0.6) is 0 Å². The van der Waals surface area contributed by atoms with E-state index in [-0.39, 0.29) is 66.5 Å². The van der Waals surface area contributed by atoms with Crippen molar-refractivity contribution in [3.63, 3.8) is 0 Å². The van der Waals surface area contributed by atoms with Gasteiger partial charge >= 0.3 is 6.09 Å². The molecule has 0 unspecified atom stereocenters. The van der Waals surface area contributed by atoms with Crippen LogP contribution in [0.4, 0.5) is 10.6 Å². The van der Waals surface area contributed by atoms with E-state index in [2.05, 4.69) is 67.1 Å². The Labute approximate surface area is 608 Å². The van der Waals surface area contributed by atoms with Crippen molar-refractivity contribution in [1.82, 2.24) is 72.0 Å². The normalized spacial score (nSPS) is 22.8. The predicted octanol–water partition coefficient (Wildman–Crippen LogP) is -7.82. The number of nitrogens with two attached hydrogens (primary N) is 5. The second kappa shape index (κ2) is 40.1. The molecule has 582 valence electrons. The highest BCUT2D eigenvalue weighted by Gasteiger charge is 2.54. The highest BCUT2D eigenvalue weighted by atomic mass is 32.1. The summed E-state index contributed by atoms with van der Waals surface area (Å²) in [7, 11) is 0. The Hall–Kier alpha value is -8.71. The number of nitrogen functional groups attached to an aromatic ring is 1. The molecule has 42 nitrogen and oxygen atoms in total. The molecule has 44 heteroatoms. The van der Waals surface area contributed by atoms with Crippen LogP contribution in [0, 0.1) is 12.8 Å². The summed E-state index contributed by atoms with van der Waals surface area (Å²) in [6, 6.07) is -7.94. The number of thiazole rings is 2. The van der Waals surface area contributed by atoms with Gasteiger partial charge in [-0.1, -0.05) is 6.92 Å². The minimum atomic E-state index is -2.21. The number of nitrogens with one attached hydrogen (secondary N) is 8. The minimum Gasteiger partial charge on any atom is -0.441 e. The fraction of sp³-hybridized carbons (Fsp3) is 0.623. The highest BCUT2D eigenvalue weighted by molar-refractivity contribution is 7.14. The van der Waals surface area contributed by atoms with Crippen LogP contribution < -0.4 is 65.9 Å². The molecular weight excluding hydrogens is 1430 g/mol. The molecule has 105 heavy (non-hydrogen) atoms. The summed E-state index contributed by atoms with van der Waals surface area (Å²) in [5, 5.41) is 111. The lowest BCUT2D eigenvalue weighted by atomic mass is 9.96. The summed E-state index contributed by atoms with van der Waals surface area (Å²) in [6.45, 7) is 7.14. The summed E-state index contributed by atoms with van der Waals surface area (Å²) >= 11 is 2.42. The maximum atomic E-state index is 15.2. The predicted molar refractivity (Wildman–Crippen MR) is 365 cm³/mol. The number of aliphatic hydroxyl groups excluding tert-OH is 8. The number of carbonyl (C=O) groups excluding carboxylic acids is 10. The highest BCUT2D eigenvalue weighted by Crippen LogP contribution is 2.35. The van der Waals surface area contributed by atoms with Crippen LogP contribution in [0.3, 0.4) is 0 Å². The van der Waals surface area contributed by atoms with Gasteiger partial charge in [0.05, 0.1) is 72.7 Å². The van der Waals surface area contributed by atoms with E-state index in [0.717, 1.165) is 12.5 Å². The molecule has 10 amide bonds. The summed E-state index contributed by atoms with van der Waals surface area (Å²) in [6.07, 6.45) is -23.5. The molecule has 2 aliphatic rings. The van der Waals surface area contributed by atoms with Gasteiger partial charge in [0.1, 0.15) is 94.6 Å². The number of aliphatic hydroxyl groups is 8. The second-order valence-corrected chi connectivity index (χ2v) is 26.6. The summed E-state index contributed by atoms with van der Waals surface area (Å²) < 4.78 is 28.8. The van der Waals surface area contributed by atoms with Crippen molar-refractivity contribution in [2.45, 2.75) is 184 Å². The zero-order valence-electron chi connectivity index (χ0n) is 58.1. The number of nitrogens with zero attached hydrogens (tertiary/aromatic N) is 6. The van der Waals surface area contributed by atoms with Crippen LogP contribution in [0.25, 0.3) is 10.7 Å². The molecule has 0 aromatic carbocycles. The number of amides is 10. The zero-order valence-corrected chi connectivity index (χ0v) is 59.7. The minimum absolute atomic E-state index is 0.0455. The Morgan fingerprint density at radius 3 is 2.04 bits per heavy atom. The maximum absolute atomic E-state index is 15.2. The van der Waals surface area contributed by atoms with Gasteiger partial charge in [-0.2, -0.15) is 0 Å². The van der Waals surface area contributed by atoms with Crippen LogP contribution >= 0.6 is 22.7 Å². The van der Waals surface area contributed by atoms with E-state index < -0.39 is 189 Å². The molecule has 6 heterocycles. The van der Waals surface area contributed by atoms with Crippen molar-refractivity contribution in [2.75, 3.05) is 58.2 Å². The van der Waals surface area contributed by atoms with Crippen molar-refractivity contribution in [2.24, 2.45) is 28.9 Å². The number of H-pyrrole nitrogens is 1. The zero-order chi connectivity index (χ0) is 77.7. The van der Waals surface area contributed by atoms with Crippen LogP contribution in [0.2, 0.25) is 0 Å². The number of primary amides is 3. The van der Waals surface area contributed by atoms with Crippen LogP contribution in [-0.4, -0.2) is 285 Å². The largest absolute Gasteiger partial charge is 0.441 e. The molecule has 0 aliphatic carbocycles. The third kappa shape index (κ3) is 23.9. The standard InChI is InChI=1S/C61H93N19O23S2/c1-24-39(76-52(79-50(24)64)31(16-37(63)86)71-17-30(62)51(65)92)56(96)78-41(47(32-18-67-23-72-32)101-60-49(45(90)43(88)35(19-81)100-60)102-59-46(91)48(103-61(66)98)44(89)36(20-82)99-59)57(97)73-26(3)42(87)25(2)53(93)77-40(27(4)83)55(95)70-13-10-38-74-34(22-104-38)58-75-33(21-105-58)54(94)69-12-9-15-80(29(6)85)14-8-7-11-68-28(5)84/h18,21-23,25-27,30-31,35-36,40-49,59-60,71,81-83,87-91H,7-17,19-20,62H2,1-6H3,(H2,63,86)(H2,65,92)(H2,66,98)(H,67,72)(H,68,84)(H,69,94)(H,70,95)(H,73,97)(H,77,93)(H,78,96)(H2,64,76,79)/t25-,26+,27+,30-,31-,35-,36+,40-,41-,42-,43+,44+,45-,46-,47-,48-,49-,59+,60-/m0/s1. The van der Waals surface area contributed by atoms with Crippen LogP contribution in [0.15, 0.2) is 23.3 Å².